The average molecular weight is 566 g/mol. The third-order valence-corrected chi connectivity index (χ3v) is 8.18. The monoisotopic (exact) mass is 566 g/mol. The summed E-state index contributed by atoms with van der Waals surface area (Å²) >= 11 is 0. The molecule has 0 rings (SSSR count). The molecule has 0 aromatic rings. The van der Waals surface area contributed by atoms with Crippen LogP contribution < -0.4 is 5.32 Å². The van der Waals surface area contributed by atoms with E-state index in [1.54, 1.807) is 0 Å². The number of hydrogen-bond acceptors (Lipinski definition) is 3. The molecule has 1 amide bonds. The summed E-state index contributed by atoms with van der Waals surface area (Å²) < 4.78 is 5.28. The molecule has 0 aliphatic heterocycles. The first-order chi connectivity index (χ1) is 19.7. The summed E-state index contributed by atoms with van der Waals surface area (Å²) in [5.74, 6) is -0.0397. The van der Waals surface area contributed by atoms with Gasteiger partial charge in [-0.15, -0.1) is 0 Å². The van der Waals surface area contributed by atoms with E-state index in [1.165, 1.54) is 154 Å². The maximum atomic E-state index is 12.0. The predicted octanol–water partition coefficient (Wildman–Crippen LogP) is 11.4. The van der Waals surface area contributed by atoms with Crippen LogP contribution in [0.15, 0.2) is 0 Å². The van der Waals surface area contributed by atoms with E-state index in [-0.39, 0.29) is 11.9 Å². The van der Waals surface area contributed by atoms with Crippen LogP contribution in [0.3, 0.4) is 0 Å². The van der Waals surface area contributed by atoms with E-state index in [9.17, 15) is 9.59 Å². The van der Waals surface area contributed by atoms with Crippen molar-refractivity contribution in [2.24, 2.45) is 0 Å². The minimum absolute atomic E-state index is 0.0851. The molecule has 0 heterocycles. The van der Waals surface area contributed by atoms with Crippen molar-refractivity contribution >= 4 is 11.9 Å². The molecule has 0 aliphatic rings. The van der Waals surface area contributed by atoms with Crippen LogP contribution in [0.1, 0.15) is 206 Å². The van der Waals surface area contributed by atoms with E-state index < -0.39 is 0 Å². The number of unbranched alkanes of at least 4 members (excludes halogenated alkanes) is 26. The van der Waals surface area contributed by atoms with Crippen molar-refractivity contribution in [3.05, 3.63) is 0 Å². The second-order valence-corrected chi connectivity index (χ2v) is 12.3. The second-order valence-electron chi connectivity index (χ2n) is 12.3. The van der Waals surface area contributed by atoms with E-state index >= 15 is 0 Å². The fourth-order valence-corrected chi connectivity index (χ4v) is 5.46. The van der Waals surface area contributed by atoms with Gasteiger partial charge in [0.15, 0.2) is 0 Å². The summed E-state index contributed by atoms with van der Waals surface area (Å²) in [4.78, 5) is 23.9. The fraction of sp³-hybridized carbons (Fsp3) is 0.944. The number of carbonyl (C=O) groups is 2. The van der Waals surface area contributed by atoms with Gasteiger partial charge in [0, 0.05) is 12.8 Å². The first-order valence-corrected chi connectivity index (χ1v) is 18.1. The molecule has 0 saturated carbocycles. The van der Waals surface area contributed by atoms with Crippen molar-refractivity contribution in [2.45, 2.75) is 206 Å². The third-order valence-electron chi connectivity index (χ3n) is 8.18. The fourth-order valence-electron chi connectivity index (χ4n) is 5.46. The number of rotatable bonds is 33. The number of carbonyl (C=O) groups excluding carboxylic acids is 2. The molecule has 4 heteroatoms. The van der Waals surface area contributed by atoms with Crippen LogP contribution in [0.4, 0.5) is 0 Å². The van der Waals surface area contributed by atoms with Crippen LogP contribution in [-0.2, 0) is 14.3 Å². The van der Waals surface area contributed by atoms with Crippen LogP contribution in [0, 0.1) is 0 Å². The minimum atomic E-state index is -0.125. The van der Waals surface area contributed by atoms with Crippen molar-refractivity contribution in [1.29, 1.82) is 0 Å². The van der Waals surface area contributed by atoms with Gasteiger partial charge in [0.05, 0.1) is 6.54 Å². The molecule has 40 heavy (non-hydrogen) atoms. The number of nitrogens with one attached hydrogen (secondary N) is 1. The third kappa shape index (κ3) is 33.1. The lowest BCUT2D eigenvalue weighted by Gasteiger charge is -2.07. The SMILES string of the molecule is CCCCCCCCCCCCCCCCC(=O)NCCOC(=O)CCCCCCCCCCCCCCCC. The van der Waals surface area contributed by atoms with Gasteiger partial charge in [-0.2, -0.15) is 0 Å². The van der Waals surface area contributed by atoms with E-state index in [1.807, 2.05) is 0 Å². The van der Waals surface area contributed by atoms with E-state index in [0.29, 0.717) is 26.0 Å². The molecule has 238 valence electrons. The summed E-state index contributed by atoms with van der Waals surface area (Å²) in [7, 11) is 0. The van der Waals surface area contributed by atoms with Gasteiger partial charge in [0.1, 0.15) is 6.61 Å². The number of esters is 1. The summed E-state index contributed by atoms with van der Waals surface area (Å²) in [6.45, 7) is 5.28. The average Bonchev–Trinajstić information content (AvgIpc) is 2.95. The minimum Gasteiger partial charge on any atom is -0.464 e. The molecule has 0 radical (unpaired) electrons. The molecule has 0 bridgehead atoms. The zero-order valence-electron chi connectivity index (χ0n) is 27.4. The smallest absolute Gasteiger partial charge is 0.305 e. The molecule has 1 N–H and O–H groups in total. The van der Waals surface area contributed by atoms with Crippen molar-refractivity contribution in [1.82, 2.24) is 5.32 Å². The molecule has 0 atom stereocenters. The standard InChI is InChI=1S/C36H71NO3/c1-3-5-7-9-11-13-15-17-19-21-23-25-27-29-31-35(38)37-33-34-40-36(39)32-30-28-26-24-22-20-18-16-14-12-10-8-6-4-2/h3-34H2,1-2H3,(H,37,38). The maximum absolute atomic E-state index is 12.0. The predicted molar refractivity (Wildman–Crippen MR) is 174 cm³/mol. The van der Waals surface area contributed by atoms with Crippen LogP contribution in [0.5, 0.6) is 0 Å². The Morgan fingerprint density at radius 2 is 0.725 bits per heavy atom. The zero-order chi connectivity index (χ0) is 29.2. The summed E-state index contributed by atoms with van der Waals surface area (Å²) in [6.07, 6.45) is 38.1. The molecule has 0 fully saturated rings. The number of ether oxygens (including phenoxy) is 1. The molecule has 4 nitrogen and oxygen atoms in total. The molecule has 0 aromatic heterocycles. The van der Waals surface area contributed by atoms with Gasteiger partial charge in [0.25, 0.3) is 0 Å². The quantitative estimate of drug-likeness (QED) is 0.0636. The molecule has 0 aromatic carbocycles. The Labute approximate surface area is 250 Å². The lowest BCUT2D eigenvalue weighted by atomic mass is 10.0. The highest BCUT2D eigenvalue weighted by atomic mass is 16.5. The van der Waals surface area contributed by atoms with Crippen molar-refractivity contribution in [3.63, 3.8) is 0 Å². The van der Waals surface area contributed by atoms with Gasteiger partial charge >= 0.3 is 5.97 Å². The summed E-state index contributed by atoms with van der Waals surface area (Å²) in [5.41, 5.74) is 0. The van der Waals surface area contributed by atoms with Gasteiger partial charge in [0.2, 0.25) is 5.91 Å². The Kier molecular flexibility index (Phi) is 33.2. The zero-order valence-corrected chi connectivity index (χ0v) is 27.4. The lowest BCUT2D eigenvalue weighted by molar-refractivity contribution is -0.144. The molecule has 0 spiro atoms. The van der Waals surface area contributed by atoms with Gasteiger partial charge < -0.3 is 10.1 Å². The molecule has 0 saturated heterocycles. The van der Waals surface area contributed by atoms with Gasteiger partial charge in [-0.05, 0) is 12.8 Å². The van der Waals surface area contributed by atoms with Crippen molar-refractivity contribution < 1.29 is 14.3 Å². The highest BCUT2D eigenvalue weighted by Crippen LogP contribution is 2.15. The Hall–Kier alpha value is -1.06. The molecule has 0 unspecified atom stereocenters. The lowest BCUT2D eigenvalue weighted by Crippen LogP contribution is -2.27. The van der Waals surface area contributed by atoms with Gasteiger partial charge in [-0.3, -0.25) is 9.59 Å². The van der Waals surface area contributed by atoms with E-state index in [4.69, 9.17) is 4.74 Å². The summed E-state index contributed by atoms with van der Waals surface area (Å²) in [5, 5.41) is 2.89. The van der Waals surface area contributed by atoms with Crippen LogP contribution in [0.2, 0.25) is 0 Å². The first-order valence-electron chi connectivity index (χ1n) is 18.1. The van der Waals surface area contributed by atoms with Crippen LogP contribution in [0.25, 0.3) is 0 Å². The Morgan fingerprint density at radius 1 is 0.425 bits per heavy atom. The van der Waals surface area contributed by atoms with E-state index in [2.05, 4.69) is 19.2 Å². The maximum Gasteiger partial charge on any atom is 0.305 e. The molecular weight excluding hydrogens is 494 g/mol. The highest BCUT2D eigenvalue weighted by Gasteiger charge is 2.05. The second kappa shape index (κ2) is 34.1. The van der Waals surface area contributed by atoms with Gasteiger partial charge in [-0.1, -0.05) is 181 Å². The molecular formula is C36H71NO3. The number of hydrogen-bond donors (Lipinski definition) is 1. The normalized spacial score (nSPS) is 11.2. The first kappa shape index (κ1) is 38.9. The summed E-state index contributed by atoms with van der Waals surface area (Å²) in [6, 6.07) is 0. The Morgan fingerprint density at radius 3 is 1.07 bits per heavy atom. The topological polar surface area (TPSA) is 55.4 Å². The van der Waals surface area contributed by atoms with Gasteiger partial charge in [-0.25, -0.2) is 0 Å². The van der Waals surface area contributed by atoms with Crippen LogP contribution in [-0.4, -0.2) is 25.0 Å². The molecule has 0 aliphatic carbocycles. The largest absolute Gasteiger partial charge is 0.464 e. The highest BCUT2D eigenvalue weighted by molar-refractivity contribution is 5.75. The van der Waals surface area contributed by atoms with E-state index in [0.717, 1.165) is 25.7 Å². The van der Waals surface area contributed by atoms with Crippen molar-refractivity contribution in [2.75, 3.05) is 13.2 Å². The van der Waals surface area contributed by atoms with Crippen LogP contribution >= 0.6 is 0 Å². The number of amides is 1. The Balaban J connectivity index is 3.26. The Bertz CT molecular complexity index is 476. The van der Waals surface area contributed by atoms with Crippen molar-refractivity contribution in [3.8, 4) is 0 Å².